The van der Waals surface area contributed by atoms with Crippen LogP contribution in [0.5, 0.6) is 0 Å². The molecule has 8 heteroatoms. The Labute approximate surface area is 197 Å². The average Bonchev–Trinajstić information content (AvgIpc) is 2.75. The molecular weight excluding hydrogens is 440 g/mol. The number of pyridine rings is 1. The second-order valence-electron chi connectivity index (χ2n) is 8.26. The Hall–Kier alpha value is -3.76. The molecule has 0 aliphatic rings. The number of alkyl carbamates (subject to hydrolysis) is 1. The zero-order chi connectivity index (χ0) is 24.0. The third-order valence-corrected chi connectivity index (χ3v) is 4.68. The Kier molecular flexibility index (Phi) is 7.41. The Balaban J connectivity index is 1.61. The van der Waals surface area contributed by atoms with Crippen molar-refractivity contribution >= 4 is 40.2 Å². The lowest BCUT2D eigenvalue weighted by molar-refractivity contribution is 0.0526. The van der Waals surface area contributed by atoms with Crippen LogP contribution in [0.25, 0.3) is 10.8 Å². The molecule has 7 nitrogen and oxygen atoms in total. The molecule has 2 aromatic carbocycles. The monoisotopic (exact) mass is 464 g/mol. The average molecular weight is 465 g/mol. The molecule has 3 aromatic rings. The number of aromatic nitrogens is 1. The highest BCUT2D eigenvalue weighted by molar-refractivity contribution is 6.31. The summed E-state index contributed by atoms with van der Waals surface area (Å²) in [5.74, 6) is 6.20. The summed E-state index contributed by atoms with van der Waals surface area (Å²) in [6.45, 7) is 5.88. The summed E-state index contributed by atoms with van der Waals surface area (Å²) < 4.78 is 5.14. The number of carbonyl (C=O) groups excluding carboxylic acids is 2. The van der Waals surface area contributed by atoms with Gasteiger partial charge in [0.15, 0.2) is 0 Å². The largest absolute Gasteiger partial charge is 0.444 e. The second kappa shape index (κ2) is 10.2. The molecule has 0 aliphatic carbocycles. The first-order valence-corrected chi connectivity index (χ1v) is 10.7. The Morgan fingerprint density at radius 1 is 1.06 bits per heavy atom. The van der Waals surface area contributed by atoms with E-state index >= 15 is 0 Å². The molecule has 33 heavy (non-hydrogen) atoms. The third-order valence-electron chi connectivity index (χ3n) is 4.44. The summed E-state index contributed by atoms with van der Waals surface area (Å²) in [5, 5.41) is 7.65. The smallest absolute Gasteiger partial charge is 0.407 e. The summed E-state index contributed by atoms with van der Waals surface area (Å²) in [7, 11) is 0. The zero-order valence-corrected chi connectivity index (χ0v) is 19.4. The van der Waals surface area contributed by atoms with Gasteiger partial charge in [-0.25, -0.2) is 9.78 Å². The van der Waals surface area contributed by atoms with Gasteiger partial charge in [-0.05, 0) is 57.2 Å². The van der Waals surface area contributed by atoms with Gasteiger partial charge in [0.1, 0.15) is 11.4 Å². The highest BCUT2D eigenvalue weighted by atomic mass is 35.5. The van der Waals surface area contributed by atoms with Crippen molar-refractivity contribution in [1.82, 2.24) is 15.6 Å². The number of amides is 2. The maximum atomic E-state index is 12.3. The van der Waals surface area contributed by atoms with Crippen molar-refractivity contribution in [3.63, 3.8) is 0 Å². The van der Waals surface area contributed by atoms with Gasteiger partial charge in [-0.2, -0.15) is 0 Å². The summed E-state index contributed by atoms with van der Waals surface area (Å²) in [6, 6.07) is 12.3. The number of carbonyl (C=O) groups is 2. The van der Waals surface area contributed by atoms with E-state index < -0.39 is 11.7 Å². The molecule has 0 radical (unpaired) electrons. The molecule has 4 N–H and O–H groups in total. The first-order valence-electron chi connectivity index (χ1n) is 10.3. The van der Waals surface area contributed by atoms with Gasteiger partial charge in [0.05, 0.1) is 5.56 Å². The van der Waals surface area contributed by atoms with E-state index in [0.717, 1.165) is 16.3 Å². The summed E-state index contributed by atoms with van der Waals surface area (Å²) in [5.41, 5.74) is 7.27. The van der Waals surface area contributed by atoms with Crippen LogP contribution in [0, 0.1) is 11.8 Å². The number of nitrogens with two attached hydrogens (primary N) is 1. The predicted molar refractivity (Wildman–Crippen MR) is 130 cm³/mol. The van der Waals surface area contributed by atoms with Gasteiger partial charge in [0.25, 0.3) is 5.91 Å². The summed E-state index contributed by atoms with van der Waals surface area (Å²) >= 11 is 6.12. The maximum absolute atomic E-state index is 12.3. The molecule has 1 heterocycles. The van der Waals surface area contributed by atoms with Crippen molar-refractivity contribution in [3.8, 4) is 11.8 Å². The van der Waals surface area contributed by atoms with Crippen molar-refractivity contribution in [2.45, 2.75) is 26.4 Å². The number of hydrogen-bond acceptors (Lipinski definition) is 5. The van der Waals surface area contributed by atoms with Crippen LogP contribution in [0.4, 0.5) is 10.6 Å². The number of halogens is 1. The molecule has 170 valence electrons. The normalized spacial score (nSPS) is 10.8. The van der Waals surface area contributed by atoms with E-state index in [4.69, 9.17) is 22.1 Å². The second-order valence-corrected chi connectivity index (χ2v) is 8.70. The van der Waals surface area contributed by atoms with Crippen LogP contribution in [0.3, 0.4) is 0 Å². The molecule has 0 saturated heterocycles. The molecule has 0 atom stereocenters. The number of rotatable bonds is 4. The van der Waals surface area contributed by atoms with Gasteiger partial charge >= 0.3 is 6.09 Å². The van der Waals surface area contributed by atoms with Crippen LogP contribution in [0.1, 0.15) is 42.3 Å². The lowest BCUT2D eigenvalue weighted by Crippen LogP contribution is -2.37. The standard InChI is InChI=1S/C25H25ClN4O3/c1-25(2,3)33-24(32)29-13-12-28-23(31)17-7-4-16(5-8-17)6-11-20-21-14-19(26)10-9-18(21)15-30-22(20)27/h4-5,7-10,14-15H,12-13H2,1-3H3,(H2,27,30)(H,28,31)(H,29,32). The van der Waals surface area contributed by atoms with Gasteiger partial charge in [0.2, 0.25) is 0 Å². The van der Waals surface area contributed by atoms with E-state index in [-0.39, 0.29) is 19.0 Å². The van der Waals surface area contributed by atoms with Crippen LogP contribution in [-0.2, 0) is 4.74 Å². The van der Waals surface area contributed by atoms with Crippen molar-refractivity contribution in [2.75, 3.05) is 18.8 Å². The van der Waals surface area contributed by atoms with E-state index in [1.165, 1.54) is 0 Å². The molecule has 1 aromatic heterocycles. The van der Waals surface area contributed by atoms with Gasteiger partial charge in [-0.3, -0.25) is 4.79 Å². The first-order chi connectivity index (χ1) is 15.6. The number of anilines is 1. The van der Waals surface area contributed by atoms with Gasteiger partial charge < -0.3 is 21.1 Å². The minimum atomic E-state index is -0.569. The van der Waals surface area contributed by atoms with Gasteiger partial charge in [-0.1, -0.05) is 29.5 Å². The predicted octanol–water partition coefficient (Wildman–Crippen LogP) is 4.12. The molecule has 0 fully saturated rings. The summed E-state index contributed by atoms with van der Waals surface area (Å²) in [4.78, 5) is 28.1. The fraction of sp³-hybridized carbons (Fsp3) is 0.240. The Bertz CT molecular complexity index is 1230. The fourth-order valence-electron chi connectivity index (χ4n) is 2.93. The number of nitrogens with zero attached hydrogens (tertiary/aromatic N) is 1. The number of hydrogen-bond donors (Lipinski definition) is 3. The number of nitrogens with one attached hydrogen (secondary N) is 2. The molecule has 2 amide bonds. The fourth-order valence-corrected chi connectivity index (χ4v) is 3.10. The van der Waals surface area contributed by atoms with E-state index in [0.29, 0.717) is 22.0 Å². The minimum Gasteiger partial charge on any atom is -0.444 e. The van der Waals surface area contributed by atoms with Gasteiger partial charge in [0, 0.05) is 46.2 Å². The van der Waals surface area contributed by atoms with E-state index in [1.807, 2.05) is 12.1 Å². The summed E-state index contributed by atoms with van der Waals surface area (Å²) in [6.07, 6.45) is 1.16. The zero-order valence-electron chi connectivity index (χ0n) is 18.7. The molecule has 0 aliphatic heterocycles. The van der Waals surface area contributed by atoms with Crippen LogP contribution in [0.2, 0.25) is 5.02 Å². The van der Waals surface area contributed by atoms with Gasteiger partial charge in [-0.15, -0.1) is 0 Å². The maximum Gasteiger partial charge on any atom is 0.407 e. The minimum absolute atomic E-state index is 0.252. The number of benzene rings is 2. The molecule has 0 bridgehead atoms. The lowest BCUT2D eigenvalue weighted by Gasteiger charge is -2.19. The van der Waals surface area contributed by atoms with Crippen molar-refractivity contribution < 1.29 is 14.3 Å². The van der Waals surface area contributed by atoms with Crippen molar-refractivity contribution in [3.05, 3.63) is 70.4 Å². The lowest BCUT2D eigenvalue weighted by atomic mass is 10.1. The molecule has 0 unspecified atom stereocenters. The highest BCUT2D eigenvalue weighted by Crippen LogP contribution is 2.24. The SMILES string of the molecule is CC(C)(C)OC(=O)NCCNC(=O)c1ccc(C#Cc2c(N)ncc3ccc(Cl)cc23)cc1. The third kappa shape index (κ3) is 6.86. The number of fused-ring (bicyclic) bond motifs is 1. The number of ether oxygens (including phenoxy) is 1. The quantitative estimate of drug-likeness (QED) is 0.397. The van der Waals surface area contributed by atoms with Crippen LogP contribution in [-0.4, -0.2) is 35.7 Å². The van der Waals surface area contributed by atoms with E-state index in [9.17, 15) is 9.59 Å². The van der Waals surface area contributed by atoms with E-state index in [1.54, 1.807) is 57.3 Å². The highest BCUT2D eigenvalue weighted by Gasteiger charge is 2.15. The Morgan fingerprint density at radius 2 is 1.76 bits per heavy atom. The topological polar surface area (TPSA) is 106 Å². The Morgan fingerprint density at radius 3 is 2.45 bits per heavy atom. The molecule has 0 saturated carbocycles. The van der Waals surface area contributed by atoms with Crippen molar-refractivity contribution in [1.29, 1.82) is 0 Å². The molecular formula is C25H25ClN4O3. The van der Waals surface area contributed by atoms with Crippen LogP contribution >= 0.6 is 11.6 Å². The first kappa shape index (κ1) is 23.9. The van der Waals surface area contributed by atoms with Crippen LogP contribution < -0.4 is 16.4 Å². The van der Waals surface area contributed by atoms with Crippen molar-refractivity contribution in [2.24, 2.45) is 0 Å². The van der Waals surface area contributed by atoms with Crippen LogP contribution in [0.15, 0.2) is 48.7 Å². The number of nitrogen functional groups attached to an aromatic ring is 1. The molecule has 0 spiro atoms. The molecule has 3 rings (SSSR count). The van der Waals surface area contributed by atoms with E-state index in [2.05, 4.69) is 27.5 Å².